The van der Waals surface area contributed by atoms with E-state index in [4.69, 9.17) is 4.74 Å². The van der Waals surface area contributed by atoms with Crippen LogP contribution in [0.4, 0.5) is 13.2 Å². The molecule has 0 aromatic heterocycles. The van der Waals surface area contributed by atoms with Gasteiger partial charge in [0.1, 0.15) is 5.75 Å². The molecule has 0 spiro atoms. The minimum absolute atomic E-state index is 0. The monoisotopic (exact) mass is 489 g/mol. The van der Waals surface area contributed by atoms with E-state index in [-0.39, 0.29) is 36.3 Å². The van der Waals surface area contributed by atoms with Gasteiger partial charge in [-0.3, -0.25) is 0 Å². The number of halogens is 4. The van der Waals surface area contributed by atoms with Gasteiger partial charge in [-0.1, -0.05) is 18.2 Å². The number of nitrogens with zero attached hydrogens (tertiary/aromatic N) is 1. The average molecular weight is 489 g/mol. The Labute approximate surface area is 169 Å². The van der Waals surface area contributed by atoms with Crippen LogP contribution >= 0.6 is 24.0 Å². The van der Waals surface area contributed by atoms with Crippen LogP contribution in [0, 0.1) is 0 Å². The molecule has 0 aliphatic carbocycles. The number of unbranched alkanes of at least 4 members (excludes halogenated alkanes) is 2. The lowest BCUT2D eigenvalue weighted by atomic mass is 10.2. The highest BCUT2D eigenvalue weighted by Crippen LogP contribution is 2.26. The molecule has 0 heterocycles. The van der Waals surface area contributed by atoms with Crippen LogP contribution in [-0.4, -0.2) is 39.1 Å². The van der Waals surface area contributed by atoms with Crippen molar-refractivity contribution in [3.05, 3.63) is 29.8 Å². The number of benzene rings is 1. The fourth-order valence-corrected chi connectivity index (χ4v) is 2.12. The van der Waals surface area contributed by atoms with Gasteiger partial charge in [0, 0.05) is 32.4 Å². The fraction of sp³-hybridized carbons (Fsp3) is 0.588. The molecule has 0 unspecified atom stereocenters. The number of guanidine groups is 1. The van der Waals surface area contributed by atoms with E-state index >= 15 is 0 Å². The Kier molecular flexibility index (Phi) is 13.2. The maximum Gasteiger partial charge on any atom is 0.573 e. The van der Waals surface area contributed by atoms with Crippen molar-refractivity contribution in [3.8, 4) is 5.75 Å². The number of methoxy groups -OCH3 is 1. The molecule has 150 valence electrons. The second-order valence-corrected chi connectivity index (χ2v) is 5.33. The zero-order valence-electron chi connectivity index (χ0n) is 15.1. The average Bonchev–Trinajstić information content (AvgIpc) is 2.55. The summed E-state index contributed by atoms with van der Waals surface area (Å²) < 4.78 is 46.4. The van der Waals surface area contributed by atoms with Crippen molar-refractivity contribution in [1.82, 2.24) is 10.6 Å². The molecule has 0 saturated heterocycles. The third-order valence-corrected chi connectivity index (χ3v) is 3.27. The van der Waals surface area contributed by atoms with Crippen LogP contribution in [0.5, 0.6) is 5.75 Å². The Morgan fingerprint density at radius 3 is 2.50 bits per heavy atom. The molecule has 1 rings (SSSR count). The van der Waals surface area contributed by atoms with E-state index in [2.05, 4.69) is 20.4 Å². The molecule has 1 aromatic carbocycles. The van der Waals surface area contributed by atoms with Crippen molar-refractivity contribution in [2.75, 3.05) is 26.8 Å². The standard InChI is InChI=1S/C17H26F3N3O2.HI/c1-3-21-16(22-11-7-4-8-12-24-2)23-13-14-9-5-6-10-15(14)25-17(18,19)20;/h5-6,9-10H,3-4,7-8,11-13H2,1-2H3,(H2,21,22,23);1H. The zero-order valence-corrected chi connectivity index (χ0v) is 17.4. The van der Waals surface area contributed by atoms with Crippen LogP contribution in [0.25, 0.3) is 0 Å². The van der Waals surface area contributed by atoms with Crippen LogP contribution in [0.15, 0.2) is 29.3 Å². The highest BCUT2D eigenvalue weighted by atomic mass is 127. The number of hydrogen-bond donors (Lipinski definition) is 2. The molecule has 0 atom stereocenters. The van der Waals surface area contributed by atoms with Crippen molar-refractivity contribution in [1.29, 1.82) is 0 Å². The van der Waals surface area contributed by atoms with Gasteiger partial charge in [0.15, 0.2) is 5.96 Å². The van der Waals surface area contributed by atoms with Crippen LogP contribution in [0.1, 0.15) is 31.7 Å². The first kappa shape index (κ1) is 24.8. The fourth-order valence-electron chi connectivity index (χ4n) is 2.12. The summed E-state index contributed by atoms with van der Waals surface area (Å²) in [5, 5.41) is 6.24. The van der Waals surface area contributed by atoms with Crippen molar-refractivity contribution in [3.63, 3.8) is 0 Å². The van der Waals surface area contributed by atoms with Gasteiger partial charge < -0.3 is 20.1 Å². The normalized spacial score (nSPS) is 11.7. The van der Waals surface area contributed by atoms with Gasteiger partial charge in [-0.25, -0.2) is 4.99 Å². The molecule has 0 bridgehead atoms. The van der Waals surface area contributed by atoms with Gasteiger partial charge in [0.2, 0.25) is 0 Å². The maximum atomic E-state index is 12.4. The van der Waals surface area contributed by atoms with Gasteiger partial charge in [-0.2, -0.15) is 0 Å². The molecule has 0 radical (unpaired) electrons. The van der Waals surface area contributed by atoms with E-state index in [0.29, 0.717) is 18.1 Å². The van der Waals surface area contributed by atoms with Crippen molar-refractivity contribution in [2.24, 2.45) is 4.99 Å². The zero-order chi connectivity index (χ0) is 18.5. The molecular weight excluding hydrogens is 462 g/mol. The summed E-state index contributed by atoms with van der Waals surface area (Å²) in [5.74, 6) is 0.338. The summed E-state index contributed by atoms with van der Waals surface area (Å²) in [7, 11) is 1.68. The van der Waals surface area contributed by atoms with Gasteiger partial charge >= 0.3 is 6.36 Å². The van der Waals surface area contributed by atoms with Crippen molar-refractivity contribution < 1.29 is 22.6 Å². The second kappa shape index (κ2) is 13.9. The second-order valence-electron chi connectivity index (χ2n) is 5.33. The largest absolute Gasteiger partial charge is 0.573 e. The molecular formula is C17H27F3IN3O2. The summed E-state index contributed by atoms with van der Waals surface area (Å²) in [4.78, 5) is 4.33. The summed E-state index contributed by atoms with van der Waals surface area (Å²) in [5.41, 5.74) is 0.372. The van der Waals surface area contributed by atoms with Crippen LogP contribution in [0.2, 0.25) is 0 Å². The lowest BCUT2D eigenvalue weighted by molar-refractivity contribution is -0.274. The molecule has 9 heteroatoms. The van der Waals surface area contributed by atoms with Gasteiger partial charge in [0.05, 0.1) is 6.54 Å². The van der Waals surface area contributed by atoms with Crippen LogP contribution in [-0.2, 0) is 11.3 Å². The first-order valence-corrected chi connectivity index (χ1v) is 8.31. The highest BCUT2D eigenvalue weighted by Gasteiger charge is 2.31. The van der Waals surface area contributed by atoms with Crippen molar-refractivity contribution in [2.45, 2.75) is 39.1 Å². The first-order valence-electron chi connectivity index (χ1n) is 8.31. The lowest BCUT2D eigenvalue weighted by Gasteiger charge is -2.14. The smallest absolute Gasteiger partial charge is 0.405 e. The lowest BCUT2D eigenvalue weighted by Crippen LogP contribution is -2.37. The number of ether oxygens (including phenoxy) is 2. The van der Waals surface area contributed by atoms with Gasteiger partial charge in [-0.15, -0.1) is 37.1 Å². The SMILES string of the molecule is CCNC(=NCc1ccccc1OC(F)(F)F)NCCCCCOC.I. The molecule has 26 heavy (non-hydrogen) atoms. The van der Waals surface area contributed by atoms with Gasteiger partial charge in [-0.05, 0) is 32.3 Å². The Bertz CT molecular complexity index is 528. The predicted octanol–water partition coefficient (Wildman–Crippen LogP) is 4.08. The van der Waals surface area contributed by atoms with Crippen molar-refractivity contribution >= 4 is 29.9 Å². The first-order chi connectivity index (χ1) is 12.0. The molecule has 0 fully saturated rings. The molecule has 2 N–H and O–H groups in total. The van der Waals surface area contributed by atoms with E-state index in [1.54, 1.807) is 19.2 Å². The summed E-state index contributed by atoms with van der Waals surface area (Å²) >= 11 is 0. The van der Waals surface area contributed by atoms with E-state index < -0.39 is 6.36 Å². The highest BCUT2D eigenvalue weighted by molar-refractivity contribution is 14.0. The Morgan fingerprint density at radius 1 is 1.12 bits per heavy atom. The topological polar surface area (TPSA) is 54.9 Å². The predicted molar refractivity (Wildman–Crippen MR) is 107 cm³/mol. The Morgan fingerprint density at radius 2 is 1.85 bits per heavy atom. The third-order valence-electron chi connectivity index (χ3n) is 3.27. The van der Waals surface area contributed by atoms with E-state index in [9.17, 15) is 13.2 Å². The number of nitrogens with one attached hydrogen (secondary N) is 2. The van der Waals surface area contributed by atoms with Gasteiger partial charge in [0.25, 0.3) is 0 Å². The number of aliphatic imine (C=N–C) groups is 1. The number of para-hydroxylation sites is 1. The van der Waals surface area contributed by atoms with Crippen LogP contribution < -0.4 is 15.4 Å². The number of hydrogen-bond acceptors (Lipinski definition) is 3. The third kappa shape index (κ3) is 11.4. The summed E-state index contributed by atoms with van der Waals surface area (Å²) in [6.45, 7) is 4.15. The number of alkyl halides is 3. The molecule has 5 nitrogen and oxygen atoms in total. The molecule has 0 saturated carbocycles. The maximum absolute atomic E-state index is 12.4. The molecule has 0 amide bonds. The minimum Gasteiger partial charge on any atom is -0.405 e. The molecule has 1 aromatic rings. The van der Waals surface area contributed by atoms with E-state index in [0.717, 1.165) is 32.4 Å². The summed E-state index contributed by atoms with van der Waals surface area (Å²) in [6.07, 6.45) is -1.73. The molecule has 0 aliphatic heterocycles. The van der Waals surface area contributed by atoms with Crippen LogP contribution in [0.3, 0.4) is 0 Å². The number of rotatable bonds is 10. The minimum atomic E-state index is -4.72. The summed E-state index contributed by atoms with van der Waals surface area (Å²) in [6, 6.07) is 6.01. The Balaban J connectivity index is 0.00000625. The Hall–Kier alpha value is -1.23. The van der Waals surface area contributed by atoms with E-state index in [1.807, 2.05) is 6.92 Å². The molecule has 0 aliphatic rings. The van der Waals surface area contributed by atoms with E-state index in [1.165, 1.54) is 12.1 Å². The quantitative estimate of drug-likeness (QED) is 0.225.